The summed E-state index contributed by atoms with van der Waals surface area (Å²) in [6.07, 6.45) is 14.7. The molecule has 0 bridgehead atoms. The van der Waals surface area contributed by atoms with Crippen molar-refractivity contribution >= 4 is 27.4 Å². The average Bonchev–Trinajstić information content (AvgIpc) is 3.31. The first kappa shape index (κ1) is 23.3. The Hall–Kier alpha value is -0.860. The maximum absolute atomic E-state index is 2.77. The van der Waals surface area contributed by atoms with Crippen molar-refractivity contribution in [2.45, 2.75) is 104 Å². The van der Waals surface area contributed by atoms with Crippen LogP contribution in [-0.4, -0.2) is 47.9 Å². The predicted molar refractivity (Wildman–Crippen MR) is 143 cm³/mol. The van der Waals surface area contributed by atoms with Crippen LogP contribution in [0, 0.1) is 5.41 Å². The van der Waals surface area contributed by atoms with Crippen LogP contribution in [0.2, 0.25) is 37.9 Å². The molecule has 2 unspecified atom stereocenters. The SMILES string of the molecule is CB1C2=CC=CC2(C(C)(C)C23C=CC=C2B(C)N(C(C)(C)C)B3C)B(C)N1C(C)(C)C. The summed E-state index contributed by atoms with van der Waals surface area (Å²) in [6.45, 7) is 31.1. The third-order valence-corrected chi connectivity index (χ3v) is 9.73. The lowest BCUT2D eigenvalue weighted by Gasteiger charge is -2.57. The van der Waals surface area contributed by atoms with Gasteiger partial charge in [0.25, 0.3) is 0 Å². The first-order valence-corrected chi connectivity index (χ1v) is 12.4. The molecule has 2 aliphatic carbocycles. The molecule has 0 N–H and O–H groups in total. The van der Waals surface area contributed by atoms with E-state index in [1.165, 1.54) is 0 Å². The van der Waals surface area contributed by atoms with Crippen LogP contribution in [0.15, 0.2) is 47.4 Å². The minimum atomic E-state index is 0.0232. The van der Waals surface area contributed by atoms with E-state index < -0.39 is 0 Å². The second-order valence-corrected chi connectivity index (χ2v) is 13.2. The van der Waals surface area contributed by atoms with Gasteiger partial charge >= 0.3 is 0 Å². The molecule has 0 radical (unpaired) electrons. The molecule has 0 aromatic carbocycles. The zero-order valence-electron chi connectivity index (χ0n) is 22.2. The molecular formula is C25H42B4N2. The van der Waals surface area contributed by atoms with Crippen LogP contribution < -0.4 is 0 Å². The van der Waals surface area contributed by atoms with Crippen LogP contribution in [0.25, 0.3) is 0 Å². The Morgan fingerprint density at radius 2 is 0.935 bits per heavy atom. The second-order valence-electron chi connectivity index (χ2n) is 13.2. The summed E-state index contributed by atoms with van der Waals surface area (Å²) in [5.41, 5.74) is 3.52. The predicted octanol–water partition coefficient (Wildman–Crippen LogP) is 6.28. The third kappa shape index (κ3) is 2.58. The van der Waals surface area contributed by atoms with Crippen molar-refractivity contribution in [3.8, 4) is 0 Å². The Morgan fingerprint density at radius 1 is 0.613 bits per heavy atom. The van der Waals surface area contributed by atoms with Crippen molar-refractivity contribution in [3.05, 3.63) is 47.4 Å². The monoisotopic (exact) mass is 414 g/mol. The molecule has 2 saturated heterocycles. The van der Waals surface area contributed by atoms with E-state index in [0.29, 0.717) is 27.4 Å². The van der Waals surface area contributed by atoms with Gasteiger partial charge in [0, 0.05) is 10.6 Å². The van der Waals surface area contributed by atoms with Crippen molar-refractivity contribution in [2.75, 3.05) is 0 Å². The van der Waals surface area contributed by atoms with E-state index in [1.807, 2.05) is 0 Å². The summed E-state index contributed by atoms with van der Waals surface area (Å²) >= 11 is 0. The maximum atomic E-state index is 2.77. The van der Waals surface area contributed by atoms with Gasteiger partial charge in [-0.05, 0) is 58.0 Å². The molecule has 0 amide bonds. The fourth-order valence-corrected chi connectivity index (χ4v) is 9.06. The van der Waals surface area contributed by atoms with Gasteiger partial charge in [0.15, 0.2) is 0 Å². The Kier molecular flexibility index (Phi) is 4.96. The van der Waals surface area contributed by atoms with Crippen LogP contribution in [0.4, 0.5) is 0 Å². The number of hydrogen-bond donors (Lipinski definition) is 0. The van der Waals surface area contributed by atoms with Crippen LogP contribution in [0.3, 0.4) is 0 Å². The molecule has 0 aromatic rings. The highest BCUT2D eigenvalue weighted by molar-refractivity contribution is 6.87. The highest BCUT2D eigenvalue weighted by Gasteiger charge is 2.73. The Balaban J connectivity index is 1.92. The van der Waals surface area contributed by atoms with Crippen LogP contribution in [0.5, 0.6) is 0 Å². The zero-order chi connectivity index (χ0) is 23.4. The molecule has 2 aliphatic heterocycles. The molecule has 6 heteroatoms. The van der Waals surface area contributed by atoms with E-state index in [9.17, 15) is 0 Å². The minimum absolute atomic E-state index is 0.0232. The normalized spacial score (nSPS) is 31.7. The van der Waals surface area contributed by atoms with E-state index in [2.05, 4.69) is 129 Å². The van der Waals surface area contributed by atoms with E-state index >= 15 is 0 Å². The van der Waals surface area contributed by atoms with Gasteiger partial charge in [-0.25, -0.2) is 0 Å². The lowest BCUT2D eigenvalue weighted by atomic mass is 9.23. The fourth-order valence-electron chi connectivity index (χ4n) is 9.06. The molecule has 4 rings (SSSR count). The molecular weight excluding hydrogens is 372 g/mol. The molecule has 2 fully saturated rings. The zero-order valence-corrected chi connectivity index (χ0v) is 22.2. The molecule has 0 spiro atoms. The lowest BCUT2D eigenvalue weighted by Crippen LogP contribution is -2.58. The number of rotatable bonds is 2. The smallest absolute Gasteiger partial charge is 0.239 e. The molecule has 164 valence electrons. The first-order chi connectivity index (χ1) is 14.1. The quantitative estimate of drug-likeness (QED) is 0.492. The van der Waals surface area contributed by atoms with Crippen molar-refractivity contribution in [3.63, 3.8) is 0 Å². The summed E-state index contributed by atoms with van der Waals surface area (Å²) in [6, 6.07) is 0. The van der Waals surface area contributed by atoms with E-state index in [4.69, 9.17) is 0 Å². The van der Waals surface area contributed by atoms with Gasteiger partial charge < -0.3 is 9.44 Å². The number of allylic oxidation sites excluding steroid dienone is 8. The highest BCUT2D eigenvalue weighted by atomic mass is 15.1. The molecule has 2 atom stereocenters. The summed E-state index contributed by atoms with van der Waals surface area (Å²) in [5.74, 6) is 0. The van der Waals surface area contributed by atoms with Gasteiger partial charge in [-0.2, -0.15) is 0 Å². The Labute approximate surface area is 194 Å². The number of fused-ring (bicyclic) bond motifs is 2. The topological polar surface area (TPSA) is 6.48 Å². The van der Waals surface area contributed by atoms with Crippen molar-refractivity contribution in [1.82, 2.24) is 9.44 Å². The van der Waals surface area contributed by atoms with Gasteiger partial charge in [-0.15, -0.1) is 0 Å². The van der Waals surface area contributed by atoms with Crippen molar-refractivity contribution in [2.24, 2.45) is 5.41 Å². The van der Waals surface area contributed by atoms with Gasteiger partial charge in [0.05, 0.1) is 0 Å². The Morgan fingerprint density at radius 3 is 1.23 bits per heavy atom. The van der Waals surface area contributed by atoms with Gasteiger partial charge in [0.2, 0.25) is 27.4 Å². The molecule has 2 nitrogen and oxygen atoms in total. The standard InChI is InChI=1S/C25H42B4N2/c1-21(2,3)30-26(9)19-15-13-17-24(19,28(30)11)23(7,8)25-18-14-16-20(25)27(10)31(29(25)12)22(4,5)6/h13-18H,1-12H3. The van der Waals surface area contributed by atoms with Gasteiger partial charge in [-0.1, -0.05) is 88.5 Å². The van der Waals surface area contributed by atoms with Crippen LogP contribution in [-0.2, 0) is 0 Å². The highest BCUT2D eigenvalue weighted by Crippen LogP contribution is 2.76. The van der Waals surface area contributed by atoms with Crippen molar-refractivity contribution < 1.29 is 0 Å². The molecule has 31 heavy (non-hydrogen) atoms. The largest absolute Gasteiger partial charge is 0.375 e. The van der Waals surface area contributed by atoms with Crippen LogP contribution in [0.1, 0.15) is 55.4 Å². The van der Waals surface area contributed by atoms with E-state index in [-0.39, 0.29) is 27.1 Å². The third-order valence-electron chi connectivity index (χ3n) is 9.73. The molecule has 4 aliphatic rings. The van der Waals surface area contributed by atoms with E-state index in [1.54, 1.807) is 10.9 Å². The van der Waals surface area contributed by atoms with Crippen molar-refractivity contribution in [1.29, 1.82) is 0 Å². The summed E-state index contributed by atoms with van der Waals surface area (Å²) in [5, 5.41) is 0.0463. The summed E-state index contributed by atoms with van der Waals surface area (Å²) < 4.78 is 5.54. The molecule has 0 saturated carbocycles. The summed E-state index contributed by atoms with van der Waals surface area (Å²) in [7, 11) is 0. The maximum Gasteiger partial charge on any atom is 0.239 e. The minimum Gasteiger partial charge on any atom is -0.375 e. The fraction of sp³-hybridized carbons (Fsp3) is 0.680. The average molecular weight is 414 g/mol. The van der Waals surface area contributed by atoms with Gasteiger partial charge in [-0.3, -0.25) is 0 Å². The second kappa shape index (κ2) is 6.60. The van der Waals surface area contributed by atoms with Gasteiger partial charge in [0.1, 0.15) is 0 Å². The first-order valence-electron chi connectivity index (χ1n) is 12.4. The van der Waals surface area contributed by atoms with Crippen LogP contribution >= 0.6 is 0 Å². The lowest BCUT2D eigenvalue weighted by molar-refractivity contribution is 0.249. The summed E-state index contributed by atoms with van der Waals surface area (Å²) in [4.78, 5) is 0. The van der Waals surface area contributed by atoms with E-state index in [0.717, 1.165) is 0 Å². The molecule has 2 heterocycles. The number of hydrogen-bond acceptors (Lipinski definition) is 2. The Bertz CT molecular complexity index is 831. The number of nitrogens with zero attached hydrogens (tertiary/aromatic N) is 2. The molecule has 0 aromatic heterocycles.